The van der Waals surface area contributed by atoms with Crippen molar-refractivity contribution < 1.29 is 23.2 Å². The van der Waals surface area contributed by atoms with Gasteiger partial charge in [0.1, 0.15) is 6.54 Å². The predicted octanol–water partition coefficient (Wildman–Crippen LogP) is 2.87. The number of nitro groups is 1. The molecule has 20 heavy (non-hydrogen) atoms. The van der Waals surface area contributed by atoms with Crippen LogP contribution in [-0.4, -0.2) is 29.3 Å². The Balaban J connectivity index is 3.11. The van der Waals surface area contributed by atoms with Gasteiger partial charge in [-0.05, 0) is 18.6 Å². The maximum Gasteiger partial charge on any atom is 0.405 e. The molecule has 5 nitrogen and oxygen atoms in total. The van der Waals surface area contributed by atoms with Gasteiger partial charge in [-0.25, -0.2) is 0 Å². The highest BCUT2D eigenvalue weighted by Crippen LogP contribution is 2.27. The SMILES string of the molecule is CCCN(CC(F)(F)F)c1ccc([N+](=O)[O-])c(CO)c1. The average Bonchev–Trinajstić information content (AvgIpc) is 2.35. The van der Waals surface area contributed by atoms with Crippen molar-refractivity contribution in [3.63, 3.8) is 0 Å². The highest BCUT2D eigenvalue weighted by molar-refractivity contribution is 5.55. The van der Waals surface area contributed by atoms with Crippen LogP contribution in [0.4, 0.5) is 24.5 Å². The molecule has 0 amide bonds. The van der Waals surface area contributed by atoms with Crippen LogP contribution in [0.25, 0.3) is 0 Å². The maximum atomic E-state index is 12.5. The molecular weight excluding hydrogens is 277 g/mol. The first-order valence-electron chi connectivity index (χ1n) is 5.98. The smallest absolute Gasteiger partial charge is 0.391 e. The molecular formula is C12H15F3N2O3. The molecule has 1 aromatic carbocycles. The van der Waals surface area contributed by atoms with Gasteiger partial charge in [0, 0.05) is 18.3 Å². The normalized spacial score (nSPS) is 11.4. The zero-order valence-corrected chi connectivity index (χ0v) is 10.9. The fourth-order valence-electron chi connectivity index (χ4n) is 1.86. The number of alkyl halides is 3. The van der Waals surface area contributed by atoms with Crippen LogP contribution < -0.4 is 4.90 Å². The van der Waals surface area contributed by atoms with Gasteiger partial charge in [0.15, 0.2) is 0 Å². The van der Waals surface area contributed by atoms with E-state index in [1.54, 1.807) is 6.92 Å². The zero-order valence-electron chi connectivity index (χ0n) is 10.9. The van der Waals surface area contributed by atoms with Crippen molar-refractivity contribution in [2.45, 2.75) is 26.1 Å². The minimum atomic E-state index is -4.36. The quantitative estimate of drug-likeness (QED) is 0.646. The molecule has 0 fully saturated rings. The molecule has 1 N–H and O–H groups in total. The number of benzene rings is 1. The van der Waals surface area contributed by atoms with Crippen LogP contribution in [0.3, 0.4) is 0 Å². The Morgan fingerprint density at radius 3 is 2.50 bits per heavy atom. The van der Waals surface area contributed by atoms with E-state index in [-0.39, 0.29) is 23.5 Å². The Bertz CT molecular complexity index is 478. The summed E-state index contributed by atoms with van der Waals surface area (Å²) < 4.78 is 37.5. The van der Waals surface area contributed by atoms with Crippen molar-refractivity contribution >= 4 is 11.4 Å². The minimum Gasteiger partial charge on any atom is -0.391 e. The zero-order chi connectivity index (χ0) is 15.3. The molecule has 1 aromatic rings. The van der Waals surface area contributed by atoms with E-state index in [1.807, 2.05) is 0 Å². The first-order chi connectivity index (χ1) is 9.28. The van der Waals surface area contributed by atoms with Gasteiger partial charge in [0.2, 0.25) is 0 Å². The van der Waals surface area contributed by atoms with E-state index >= 15 is 0 Å². The molecule has 0 atom stereocenters. The maximum absolute atomic E-state index is 12.5. The summed E-state index contributed by atoms with van der Waals surface area (Å²) in [5.74, 6) is 0. The van der Waals surface area contributed by atoms with Crippen LogP contribution in [0.15, 0.2) is 18.2 Å². The number of anilines is 1. The number of halogens is 3. The molecule has 0 spiro atoms. The largest absolute Gasteiger partial charge is 0.405 e. The fourth-order valence-corrected chi connectivity index (χ4v) is 1.86. The Morgan fingerprint density at radius 2 is 2.05 bits per heavy atom. The van der Waals surface area contributed by atoms with Gasteiger partial charge in [0.25, 0.3) is 5.69 Å². The van der Waals surface area contributed by atoms with Crippen molar-refractivity contribution in [1.29, 1.82) is 0 Å². The second kappa shape index (κ2) is 6.56. The first-order valence-corrected chi connectivity index (χ1v) is 5.98. The lowest BCUT2D eigenvalue weighted by atomic mass is 10.1. The predicted molar refractivity (Wildman–Crippen MR) is 67.6 cm³/mol. The molecule has 0 unspecified atom stereocenters. The third kappa shape index (κ3) is 4.37. The molecule has 0 saturated heterocycles. The van der Waals surface area contributed by atoms with Crippen molar-refractivity contribution in [2.24, 2.45) is 0 Å². The summed E-state index contributed by atoms with van der Waals surface area (Å²) in [6.07, 6.45) is -3.86. The van der Waals surface area contributed by atoms with Crippen molar-refractivity contribution in [2.75, 3.05) is 18.0 Å². The molecule has 0 radical (unpaired) electrons. The third-order valence-corrected chi connectivity index (χ3v) is 2.66. The lowest BCUT2D eigenvalue weighted by Crippen LogP contribution is -2.34. The van der Waals surface area contributed by atoms with E-state index in [4.69, 9.17) is 5.11 Å². The highest BCUT2D eigenvalue weighted by atomic mass is 19.4. The molecule has 112 valence electrons. The van der Waals surface area contributed by atoms with Gasteiger partial charge in [-0.3, -0.25) is 10.1 Å². The molecule has 0 aromatic heterocycles. The van der Waals surface area contributed by atoms with Crippen LogP contribution >= 0.6 is 0 Å². The Hall–Kier alpha value is -1.83. The van der Waals surface area contributed by atoms with Gasteiger partial charge in [-0.1, -0.05) is 6.92 Å². The van der Waals surface area contributed by atoms with E-state index in [2.05, 4.69) is 0 Å². The van der Waals surface area contributed by atoms with E-state index in [1.165, 1.54) is 12.1 Å². The number of aliphatic hydroxyl groups excluding tert-OH is 1. The molecule has 0 saturated carbocycles. The third-order valence-electron chi connectivity index (χ3n) is 2.66. The molecule has 1 rings (SSSR count). The lowest BCUT2D eigenvalue weighted by molar-refractivity contribution is -0.385. The van der Waals surface area contributed by atoms with Gasteiger partial charge >= 0.3 is 6.18 Å². The summed E-state index contributed by atoms with van der Waals surface area (Å²) in [6, 6.07) is 3.60. The average molecular weight is 292 g/mol. The van der Waals surface area contributed by atoms with E-state index in [9.17, 15) is 23.3 Å². The number of hydrogen-bond donors (Lipinski definition) is 1. The molecule has 8 heteroatoms. The van der Waals surface area contributed by atoms with Crippen LogP contribution in [0.5, 0.6) is 0 Å². The topological polar surface area (TPSA) is 66.6 Å². The second-order valence-corrected chi connectivity index (χ2v) is 4.26. The summed E-state index contributed by atoms with van der Waals surface area (Å²) in [7, 11) is 0. The molecule has 0 aliphatic carbocycles. The molecule has 0 aliphatic heterocycles. The lowest BCUT2D eigenvalue weighted by Gasteiger charge is -2.25. The van der Waals surface area contributed by atoms with Gasteiger partial charge in [0.05, 0.1) is 17.1 Å². The highest BCUT2D eigenvalue weighted by Gasteiger charge is 2.31. The number of nitro benzene ring substituents is 1. The Morgan fingerprint density at radius 1 is 1.40 bits per heavy atom. The summed E-state index contributed by atoms with van der Waals surface area (Å²) in [5.41, 5.74) is -0.102. The van der Waals surface area contributed by atoms with Crippen molar-refractivity contribution in [3.8, 4) is 0 Å². The summed E-state index contributed by atoms with van der Waals surface area (Å²) in [4.78, 5) is 11.1. The van der Waals surface area contributed by atoms with Crippen LogP contribution in [-0.2, 0) is 6.61 Å². The number of nitrogens with zero attached hydrogens (tertiary/aromatic N) is 2. The fraction of sp³-hybridized carbons (Fsp3) is 0.500. The minimum absolute atomic E-state index is 0.00391. The van der Waals surface area contributed by atoms with Gasteiger partial charge in [-0.15, -0.1) is 0 Å². The van der Waals surface area contributed by atoms with E-state index in [0.29, 0.717) is 6.42 Å². The van der Waals surface area contributed by atoms with Crippen molar-refractivity contribution in [1.82, 2.24) is 0 Å². The first kappa shape index (κ1) is 16.2. The molecule has 0 heterocycles. The number of aliphatic hydroxyl groups is 1. The number of rotatable bonds is 6. The van der Waals surface area contributed by atoms with Gasteiger partial charge in [-0.2, -0.15) is 13.2 Å². The van der Waals surface area contributed by atoms with E-state index < -0.39 is 24.3 Å². The van der Waals surface area contributed by atoms with E-state index in [0.717, 1.165) is 11.0 Å². The summed E-state index contributed by atoms with van der Waals surface area (Å²) in [6.45, 7) is 0.170. The summed E-state index contributed by atoms with van der Waals surface area (Å²) >= 11 is 0. The van der Waals surface area contributed by atoms with Crippen molar-refractivity contribution in [3.05, 3.63) is 33.9 Å². The molecule has 0 aliphatic rings. The number of hydrogen-bond acceptors (Lipinski definition) is 4. The standard InChI is InChI=1S/C12H15F3N2O3/c1-2-5-16(8-12(13,14)15)10-3-4-11(17(19)20)9(6-10)7-18/h3-4,6,18H,2,5,7-8H2,1H3. The Labute approximate surface area is 113 Å². The van der Waals surface area contributed by atoms with Gasteiger partial charge < -0.3 is 10.0 Å². The monoisotopic (exact) mass is 292 g/mol. The van der Waals surface area contributed by atoms with Crippen LogP contribution in [0.1, 0.15) is 18.9 Å². The second-order valence-electron chi connectivity index (χ2n) is 4.26. The summed E-state index contributed by atoms with van der Waals surface area (Å²) in [5, 5.41) is 19.8. The Kier molecular flexibility index (Phi) is 5.32. The molecule has 0 bridgehead atoms. The van der Waals surface area contributed by atoms with Crippen LogP contribution in [0, 0.1) is 10.1 Å². The van der Waals surface area contributed by atoms with Crippen LogP contribution in [0.2, 0.25) is 0 Å².